The lowest BCUT2D eigenvalue weighted by Gasteiger charge is -2.06. The van der Waals surface area contributed by atoms with E-state index >= 15 is 0 Å². The van der Waals surface area contributed by atoms with Crippen LogP contribution in [0.3, 0.4) is 0 Å². The van der Waals surface area contributed by atoms with Crippen LogP contribution in [-0.2, 0) is 0 Å². The molecule has 88 valence electrons. The van der Waals surface area contributed by atoms with Crippen LogP contribution in [0.4, 0.5) is 5.69 Å². The summed E-state index contributed by atoms with van der Waals surface area (Å²) >= 11 is 0. The molecule has 0 bridgehead atoms. The molecule has 1 aromatic carbocycles. The van der Waals surface area contributed by atoms with Gasteiger partial charge in [-0.15, -0.1) is 6.58 Å². The van der Waals surface area contributed by atoms with Gasteiger partial charge in [0.2, 0.25) is 0 Å². The predicted octanol–water partition coefficient (Wildman–Crippen LogP) is 3.85. The number of rotatable bonds is 8. The summed E-state index contributed by atoms with van der Waals surface area (Å²) in [6.45, 7) is 4.51. The first-order valence-corrected chi connectivity index (χ1v) is 5.88. The van der Waals surface area contributed by atoms with Crippen molar-refractivity contribution in [3.05, 3.63) is 36.9 Å². The molecule has 0 fully saturated rings. The molecule has 0 saturated carbocycles. The Morgan fingerprint density at radius 3 is 2.56 bits per heavy atom. The maximum Gasteiger partial charge on any atom is 0.119 e. The van der Waals surface area contributed by atoms with E-state index in [4.69, 9.17) is 4.74 Å². The van der Waals surface area contributed by atoms with Crippen molar-refractivity contribution in [1.29, 1.82) is 0 Å². The van der Waals surface area contributed by atoms with E-state index in [1.165, 1.54) is 12.8 Å². The molecule has 1 rings (SSSR count). The SMILES string of the molecule is C=CCCCCCOc1ccc(NC)cc1. The molecule has 16 heavy (non-hydrogen) atoms. The fourth-order valence-corrected chi connectivity index (χ4v) is 1.48. The van der Waals surface area contributed by atoms with Crippen LogP contribution in [0.25, 0.3) is 0 Å². The Labute approximate surface area is 98.3 Å². The van der Waals surface area contributed by atoms with Crippen LogP contribution in [0, 0.1) is 0 Å². The molecule has 0 atom stereocenters. The van der Waals surface area contributed by atoms with Gasteiger partial charge in [-0.3, -0.25) is 0 Å². The molecule has 0 aliphatic rings. The molecule has 0 aromatic heterocycles. The van der Waals surface area contributed by atoms with Crippen LogP contribution >= 0.6 is 0 Å². The number of unbranched alkanes of at least 4 members (excludes halogenated alkanes) is 3. The zero-order chi connectivity index (χ0) is 11.6. The lowest BCUT2D eigenvalue weighted by Crippen LogP contribution is -1.97. The monoisotopic (exact) mass is 219 g/mol. The van der Waals surface area contributed by atoms with Crippen molar-refractivity contribution in [2.45, 2.75) is 25.7 Å². The Bertz CT molecular complexity index is 292. The predicted molar refractivity (Wildman–Crippen MR) is 70.1 cm³/mol. The molecule has 0 aliphatic carbocycles. The van der Waals surface area contributed by atoms with Gasteiger partial charge in [0.25, 0.3) is 0 Å². The summed E-state index contributed by atoms with van der Waals surface area (Å²) in [5.74, 6) is 0.947. The van der Waals surface area contributed by atoms with Crippen LogP contribution in [-0.4, -0.2) is 13.7 Å². The van der Waals surface area contributed by atoms with E-state index in [1.54, 1.807) is 0 Å². The zero-order valence-corrected chi connectivity index (χ0v) is 10.0. The summed E-state index contributed by atoms with van der Waals surface area (Å²) in [6.07, 6.45) is 6.61. The van der Waals surface area contributed by atoms with Crippen LogP contribution < -0.4 is 10.1 Å². The third kappa shape index (κ3) is 4.87. The van der Waals surface area contributed by atoms with Gasteiger partial charge in [0, 0.05) is 12.7 Å². The molecule has 0 heterocycles. The van der Waals surface area contributed by atoms with Crippen LogP contribution in [0.1, 0.15) is 25.7 Å². The van der Waals surface area contributed by atoms with E-state index in [0.29, 0.717) is 0 Å². The Kier molecular flexibility index (Phi) is 6.16. The van der Waals surface area contributed by atoms with E-state index in [1.807, 2.05) is 37.4 Å². The Morgan fingerprint density at radius 2 is 1.94 bits per heavy atom. The number of allylic oxidation sites excluding steroid dienone is 1. The van der Waals surface area contributed by atoms with E-state index in [9.17, 15) is 0 Å². The minimum Gasteiger partial charge on any atom is -0.494 e. The summed E-state index contributed by atoms with van der Waals surface area (Å²) in [7, 11) is 1.91. The van der Waals surface area contributed by atoms with Crippen molar-refractivity contribution in [1.82, 2.24) is 0 Å². The van der Waals surface area contributed by atoms with Gasteiger partial charge in [-0.1, -0.05) is 6.08 Å². The van der Waals surface area contributed by atoms with E-state index in [2.05, 4.69) is 11.9 Å². The first-order chi connectivity index (χ1) is 7.86. The number of anilines is 1. The molecular formula is C14H21NO. The largest absolute Gasteiger partial charge is 0.494 e. The average Bonchev–Trinajstić information content (AvgIpc) is 2.34. The molecule has 1 aromatic rings. The Morgan fingerprint density at radius 1 is 1.19 bits per heavy atom. The fourth-order valence-electron chi connectivity index (χ4n) is 1.48. The zero-order valence-electron chi connectivity index (χ0n) is 10.0. The van der Waals surface area contributed by atoms with Crippen molar-refractivity contribution in [2.75, 3.05) is 19.0 Å². The molecule has 0 radical (unpaired) electrons. The minimum atomic E-state index is 0.802. The number of hydrogen-bond donors (Lipinski definition) is 1. The van der Waals surface area contributed by atoms with E-state index in [-0.39, 0.29) is 0 Å². The normalized spacial score (nSPS) is 9.81. The van der Waals surface area contributed by atoms with Crippen LogP contribution in [0.2, 0.25) is 0 Å². The Balaban J connectivity index is 2.14. The maximum atomic E-state index is 5.63. The fraction of sp³-hybridized carbons (Fsp3) is 0.429. The number of ether oxygens (including phenoxy) is 1. The maximum absolute atomic E-state index is 5.63. The van der Waals surface area contributed by atoms with Gasteiger partial charge in [0.05, 0.1) is 6.61 Å². The third-order valence-electron chi connectivity index (χ3n) is 2.46. The number of nitrogens with one attached hydrogen (secondary N) is 1. The summed E-state index contributed by atoms with van der Waals surface area (Å²) in [5.41, 5.74) is 1.11. The van der Waals surface area contributed by atoms with Gasteiger partial charge >= 0.3 is 0 Å². The van der Waals surface area contributed by atoms with Gasteiger partial charge in [0.1, 0.15) is 5.75 Å². The number of benzene rings is 1. The molecule has 0 aliphatic heterocycles. The van der Waals surface area contributed by atoms with Gasteiger partial charge < -0.3 is 10.1 Å². The second kappa shape index (κ2) is 7.80. The van der Waals surface area contributed by atoms with E-state index < -0.39 is 0 Å². The highest BCUT2D eigenvalue weighted by Gasteiger charge is 1.94. The third-order valence-corrected chi connectivity index (χ3v) is 2.46. The second-order valence-electron chi connectivity index (χ2n) is 3.76. The molecule has 0 amide bonds. The second-order valence-corrected chi connectivity index (χ2v) is 3.76. The van der Waals surface area contributed by atoms with Crippen molar-refractivity contribution >= 4 is 5.69 Å². The highest BCUT2D eigenvalue weighted by Crippen LogP contribution is 2.15. The molecule has 1 N–H and O–H groups in total. The summed E-state index contributed by atoms with van der Waals surface area (Å²) < 4.78 is 5.63. The Hall–Kier alpha value is -1.44. The van der Waals surface area contributed by atoms with Gasteiger partial charge in [-0.2, -0.15) is 0 Å². The van der Waals surface area contributed by atoms with Gasteiger partial charge in [-0.25, -0.2) is 0 Å². The average molecular weight is 219 g/mol. The van der Waals surface area contributed by atoms with E-state index in [0.717, 1.165) is 30.9 Å². The first kappa shape index (κ1) is 12.6. The topological polar surface area (TPSA) is 21.3 Å². The van der Waals surface area contributed by atoms with Crippen molar-refractivity contribution < 1.29 is 4.74 Å². The first-order valence-electron chi connectivity index (χ1n) is 5.88. The minimum absolute atomic E-state index is 0.802. The van der Waals surface area contributed by atoms with Crippen molar-refractivity contribution in [3.63, 3.8) is 0 Å². The highest BCUT2D eigenvalue weighted by atomic mass is 16.5. The lowest BCUT2D eigenvalue weighted by atomic mass is 10.2. The molecular weight excluding hydrogens is 198 g/mol. The molecule has 2 nitrogen and oxygen atoms in total. The lowest BCUT2D eigenvalue weighted by molar-refractivity contribution is 0.305. The highest BCUT2D eigenvalue weighted by molar-refractivity contribution is 5.45. The van der Waals surface area contributed by atoms with Crippen molar-refractivity contribution in [2.24, 2.45) is 0 Å². The van der Waals surface area contributed by atoms with Crippen molar-refractivity contribution in [3.8, 4) is 5.75 Å². The smallest absolute Gasteiger partial charge is 0.119 e. The summed E-state index contributed by atoms with van der Waals surface area (Å²) in [5, 5.41) is 3.08. The van der Waals surface area contributed by atoms with Crippen LogP contribution in [0.5, 0.6) is 5.75 Å². The molecule has 0 unspecified atom stereocenters. The van der Waals surface area contributed by atoms with Crippen LogP contribution in [0.15, 0.2) is 36.9 Å². The quantitative estimate of drug-likeness (QED) is 0.529. The summed E-state index contributed by atoms with van der Waals surface area (Å²) in [4.78, 5) is 0. The summed E-state index contributed by atoms with van der Waals surface area (Å²) in [6, 6.07) is 8.03. The van der Waals surface area contributed by atoms with Gasteiger partial charge in [-0.05, 0) is 49.9 Å². The van der Waals surface area contributed by atoms with Gasteiger partial charge in [0.15, 0.2) is 0 Å². The standard InChI is InChI=1S/C14H21NO/c1-3-4-5-6-7-12-16-14-10-8-13(15-2)9-11-14/h3,8-11,15H,1,4-7,12H2,2H3. The molecule has 2 heteroatoms. The molecule has 0 saturated heterocycles. The molecule has 0 spiro atoms. The number of hydrogen-bond acceptors (Lipinski definition) is 2.